The average molecular weight is 273 g/mol. The van der Waals surface area contributed by atoms with E-state index in [2.05, 4.69) is 15.6 Å². The van der Waals surface area contributed by atoms with Gasteiger partial charge < -0.3 is 10.6 Å². The van der Waals surface area contributed by atoms with Crippen LogP contribution < -0.4 is 10.6 Å². The summed E-state index contributed by atoms with van der Waals surface area (Å²) in [5.74, 6) is -0.402. The van der Waals surface area contributed by atoms with Gasteiger partial charge in [-0.05, 0) is 17.7 Å². The first-order valence-corrected chi connectivity index (χ1v) is 6.35. The van der Waals surface area contributed by atoms with Gasteiger partial charge in [-0.15, -0.1) is 0 Å². The summed E-state index contributed by atoms with van der Waals surface area (Å²) in [5, 5.41) is 5.68. The molecule has 1 aromatic carbocycles. The molecule has 0 fully saturated rings. The Labute approximate surface area is 117 Å². The summed E-state index contributed by atoms with van der Waals surface area (Å²) >= 11 is 0. The van der Waals surface area contributed by atoms with E-state index in [9.17, 15) is 9.18 Å². The maximum absolute atomic E-state index is 13.3. The second-order valence-electron chi connectivity index (χ2n) is 4.33. The number of rotatable bonds is 6. The number of nitrogens with one attached hydrogen (secondary N) is 2. The SMILES string of the molecule is O=C(CNCc1ccccc1F)NCc1cccnc1. The molecule has 1 heterocycles. The van der Waals surface area contributed by atoms with Crippen LogP contribution in [0, 0.1) is 5.82 Å². The smallest absolute Gasteiger partial charge is 0.234 e. The van der Waals surface area contributed by atoms with E-state index in [4.69, 9.17) is 0 Å². The molecule has 0 saturated heterocycles. The van der Waals surface area contributed by atoms with Gasteiger partial charge in [-0.1, -0.05) is 24.3 Å². The Balaban J connectivity index is 1.69. The topological polar surface area (TPSA) is 54.0 Å². The van der Waals surface area contributed by atoms with Crippen molar-refractivity contribution in [2.75, 3.05) is 6.54 Å². The normalized spacial score (nSPS) is 10.2. The zero-order valence-electron chi connectivity index (χ0n) is 11.0. The molecule has 0 atom stereocenters. The highest BCUT2D eigenvalue weighted by atomic mass is 19.1. The number of benzene rings is 1. The molecule has 0 aliphatic heterocycles. The molecular weight excluding hydrogens is 257 g/mol. The number of halogens is 1. The fourth-order valence-corrected chi connectivity index (χ4v) is 1.72. The van der Waals surface area contributed by atoms with Gasteiger partial charge in [-0.2, -0.15) is 0 Å². The second-order valence-corrected chi connectivity index (χ2v) is 4.33. The standard InChI is InChI=1S/C15H16FN3O/c16-14-6-2-1-5-13(14)10-18-11-15(20)19-9-12-4-3-7-17-8-12/h1-8,18H,9-11H2,(H,19,20). The summed E-state index contributed by atoms with van der Waals surface area (Å²) in [6.45, 7) is 0.912. The Morgan fingerprint density at radius 2 is 2.00 bits per heavy atom. The van der Waals surface area contributed by atoms with Gasteiger partial charge in [-0.25, -0.2) is 4.39 Å². The average Bonchev–Trinajstić information content (AvgIpc) is 2.48. The predicted octanol–water partition coefficient (Wildman–Crippen LogP) is 1.63. The van der Waals surface area contributed by atoms with Crippen LogP contribution in [0.2, 0.25) is 0 Å². The van der Waals surface area contributed by atoms with Gasteiger partial charge in [0.25, 0.3) is 0 Å². The fraction of sp³-hybridized carbons (Fsp3) is 0.200. The van der Waals surface area contributed by atoms with Gasteiger partial charge in [0.05, 0.1) is 6.54 Å². The molecule has 0 bridgehead atoms. The van der Waals surface area contributed by atoms with Crippen molar-refractivity contribution in [2.45, 2.75) is 13.1 Å². The van der Waals surface area contributed by atoms with Gasteiger partial charge >= 0.3 is 0 Å². The fourth-order valence-electron chi connectivity index (χ4n) is 1.72. The number of aromatic nitrogens is 1. The van der Waals surface area contributed by atoms with Crippen LogP contribution in [0.4, 0.5) is 4.39 Å². The molecule has 2 rings (SSSR count). The first-order valence-electron chi connectivity index (χ1n) is 6.35. The van der Waals surface area contributed by atoms with Crippen molar-refractivity contribution >= 4 is 5.91 Å². The second kappa shape index (κ2) is 7.35. The number of nitrogens with zero attached hydrogens (tertiary/aromatic N) is 1. The predicted molar refractivity (Wildman–Crippen MR) is 74.2 cm³/mol. The van der Waals surface area contributed by atoms with Gasteiger partial charge in [0, 0.05) is 31.0 Å². The Morgan fingerprint density at radius 3 is 2.75 bits per heavy atom. The third-order valence-electron chi connectivity index (χ3n) is 2.77. The molecule has 0 saturated carbocycles. The van der Waals surface area contributed by atoms with E-state index >= 15 is 0 Å². The summed E-state index contributed by atoms with van der Waals surface area (Å²) in [6, 6.07) is 10.2. The van der Waals surface area contributed by atoms with Crippen LogP contribution in [-0.4, -0.2) is 17.4 Å². The van der Waals surface area contributed by atoms with Gasteiger partial charge in [0.15, 0.2) is 0 Å². The van der Waals surface area contributed by atoms with E-state index in [1.165, 1.54) is 6.07 Å². The molecule has 0 spiro atoms. The van der Waals surface area contributed by atoms with Gasteiger partial charge in [-0.3, -0.25) is 9.78 Å². The molecule has 1 aromatic heterocycles. The Hall–Kier alpha value is -2.27. The van der Waals surface area contributed by atoms with Crippen LogP contribution in [0.5, 0.6) is 0 Å². The summed E-state index contributed by atoms with van der Waals surface area (Å²) in [5.41, 5.74) is 1.49. The number of amides is 1. The molecule has 4 nitrogen and oxygen atoms in total. The number of carbonyl (C=O) groups excluding carboxylic acids is 1. The van der Waals surface area contributed by atoms with E-state index in [-0.39, 0.29) is 18.3 Å². The minimum Gasteiger partial charge on any atom is -0.351 e. The van der Waals surface area contributed by atoms with Crippen molar-refractivity contribution in [1.29, 1.82) is 0 Å². The van der Waals surface area contributed by atoms with E-state index in [0.29, 0.717) is 18.7 Å². The Morgan fingerprint density at radius 1 is 1.15 bits per heavy atom. The lowest BCUT2D eigenvalue weighted by Gasteiger charge is -2.07. The third kappa shape index (κ3) is 4.44. The minimum atomic E-state index is -0.268. The van der Waals surface area contributed by atoms with Crippen molar-refractivity contribution < 1.29 is 9.18 Å². The molecule has 20 heavy (non-hydrogen) atoms. The summed E-state index contributed by atoms with van der Waals surface area (Å²) < 4.78 is 13.3. The molecule has 1 amide bonds. The summed E-state index contributed by atoms with van der Waals surface area (Å²) in [4.78, 5) is 15.6. The highest BCUT2D eigenvalue weighted by molar-refractivity contribution is 5.77. The van der Waals surface area contributed by atoms with Crippen LogP contribution in [0.1, 0.15) is 11.1 Å². The first-order chi connectivity index (χ1) is 9.75. The quantitative estimate of drug-likeness (QED) is 0.841. The lowest BCUT2D eigenvalue weighted by atomic mass is 10.2. The molecule has 0 aliphatic carbocycles. The molecule has 0 aliphatic rings. The van der Waals surface area contributed by atoms with Crippen molar-refractivity contribution in [2.24, 2.45) is 0 Å². The minimum absolute atomic E-state index is 0.134. The van der Waals surface area contributed by atoms with Crippen LogP contribution in [0.25, 0.3) is 0 Å². The van der Waals surface area contributed by atoms with E-state index in [1.54, 1.807) is 30.6 Å². The molecule has 5 heteroatoms. The van der Waals surface area contributed by atoms with Crippen LogP contribution >= 0.6 is 0 Å². The Bertz CT molecular complexity index is 560. The maximum Gasteiger partial charge on any atom is 0.234 e. The van der Waals surface area contributed by atoms with Crippen molar-refractivity contribution in [3.8, 4) is 0 Å². The summed E-state index contributed by atoms with van der Waals surface area (Å²) in [7, 11) is 0. The number of hydrogen-bond acceptors (Lipinski definition) is 3. The number of hydrogen-bond donors (Lipinski definition) is 2. The highest BCUT2D eigenvalue weighted by Gasteiger charge is 2.03. The summed E-state index contributed by atoms with van der Waals surface area (Å²) in [6.07, 6.45) is 3.38. The molecule has 2 aromatic rings. The lowest BCUT2D eigenvalue weighted by Crippen LogP contribution is -2.33. The van der Waals surface area contributed by atoms with Gasteiger partial charge in [0.2, 0.25) is 5.91 Å². The third-order valence-corrected chi connectivity index (χ3v) is 2.77. The zero-order valence-corrected chi connectivity index (χ0v) is 11.0. The zero-order chi connectivity index (χ0) is 14.2. The van der Waals surface area contributed by atoms with E-state index in [0.717, 1.165) is 5.56 Å². The van der Waals surface area contributed by atoms with Crippen LogP contribution in [0.15, 0.2) is 48.8 Å². The highest BCUT2D eigenvalue weighted by Crippen LogP contribution is 2.05. The van der Waals surface area contributed by atoms with Gasteiger partial charge in [0.1, 0.15) is 5.82 Å². The lowest BCUT2D eigenvalue weighted by molar-refractivity contribution is -0.120. The van der Waals surface area contributed by atoms with E-state index < -0.39 is 0 Å². The largest absolute Gasteiger partial charge is 0.351 e. The molecule has 0 radical (unpaired) electrons. The molecule has 0 unspecified atom stereocenters. The van der Waals surface area contributed by atoms with Crippen LogP contribution in [-0.2, 0) is 17.9 Å². The van der Waals surface area contributed by atoms with Crippen molar-refractivity contribution in [1.82, 2.24) is 15.6 Å². The first kappa shape index (κ1) is 14.1. The number of pyridine rings is 1. The maximum atomic E-state index is 13.3. The van der Waals surface area contributed by atoms with Crippen LogP contribution in [0.3, 0.4) is 0 Å². The molecule has 104 valence electrons. The monoisotopic (exact) mass is 273 g/mol. The molecule has 2 N–H and O–H groups in total. The number of carbonyl (C=O) groups is 1. The van der Waals surface area contributed by atoms with Crippen molar-refractivity contribution in [3.05, 3.63) is 65.7 Å². The van der Waals surface area contributed by atoms with E-state index in [1.807, 2.05) is 12.1 Å². The Kier molecular flexibility index (Phi) is 5.20. The molecular formula is C15H16FN3O. The van der Waals surface area contributed by atoms with Crippen molar-refractivity contribution in [3.63, 3.8) is 0 Å².